The Labute approximate surface area is 129 Å². The summed E-state index contributed by atoms with van der Waals surface area (Å²) in [6.07, 6.45) is 0.750. The first-order valence-electron chi connectivity index (χ1n) is 7.00. The standard InChI is InChI=1S/C15H20N2O3S/c1-3-12-15(19)17(10-14(18)16-8-9-20-2)11-6-4-5-7-13(11)21-12/h4-7,12H,3,8-10H2,1-2H3,(H,16,18)/t12-/m0/s1. The van der Waals surface area contributed by atoms with E-state index in [-0.39, 0.29) is 23.6 Å². The summed E-state index contributed by atoms with van der Waals surface area (Å²) in [4.78, 5) is 27.1. The molecule has 0 radical (unpaired) electrons. The lowest BCUT2D eigenvalue weighted by atomic mass is 10.2. The Balaban J connectivity index is 2.12. The van der Waals surface area contributed by atoms with E-state index in [1.165, 1.54) is 0 Å². The molecular formula is C15H20N2O3S. The second-order valence-corrected chi connectivity index (χ2v) is 5.99. The molecule has 0 spiro atoms. The molecule has 0 fully saturated rings. The lowest BCUT2D eigenvalue weighted by Crippen LogP contribution is -2.46. The molecule has 1 N–H and O–H groups in total. The Morgan fingerprint density at radius 1 is 1.43 bits per heavy atom. The molecule has 0 unspecified atom stereocenters. The molecule has 6 heteroatoms. The van der Waals surface area contributed by atoms with Crippen LogP contribution >= 0.6 is 11.8 Å². The van der Waals surface area contributed by atoms with Gasteiger partial charge in [-0.1, -0.05) is 19.1 Å². The number of carbonyl (C=O) groups is 2. The van der Waals surface area contributed by atoms with Crippen molar-refractivity contribution in [1.29, 1.82) is 0 Å². The van der Waals surface area contributed by atoms with Crippen molar-refractivity contribution in [3.05, 3.63) is 24.3 Å². The zero-order chi connectivity index (χ0) is 15.2. The number of para-hydroxylation sites is 1. The molecule has 1 aromatic rings. The zero-order valence-electron chi connectivity index (χ0n) is 12.3. The van der Waals surface area contributed by atoms with E-state index in [4.69, 9.17) is 4.74 Å². The molecule has 1 atom stereocenters. The number of ether oxygens (including phenoxy) is 1. The third-order valence-electron chi connectivity index (χ3n) is 3.27. The van der Waals surface area contributed by atoms with Crippen molar-refractivity contribution >= 4 is 29.3 Å². The molecule has 1 aliphatic heterocycles. The van der Waals surface area contributed by atoms with Crippen molar-refractivity contribution in [2.45, 2.75) is 23.5 Å². The summed E-state index contributed by atoms with van der Waals surface area (Å²) in [6, 6.07) is 7.71. The van der Waals surface area contributed by atoms with Crippen molar-refractivity contribution in [2.75, 3.05) is 31.7 Å². The van der Waals surface area contributed by atoms with Gasteiger partial charge in [0.1, 0.15) is 6.54 Å². The maximum Gasteiger partial charge on any atom is 0.240 e. The molecule has 1 heterocycles. The molecule has 2 rings (SSSR count). The van der Waals surface area contributed by atoms with E-state index >= 15 is 0 Å². The van der Waals surface area contributed by atoms with E-state index in [2.05, 4.69) is 5.32 Å². The SMILES string of the molecule is CC[C@@H]1Sc2ccccc2N(CC(=O)NCCOC)C1=O. The maximum absolute atomic E-state index is 12.5. The molecular weight excluding hydrogens is 288 g/mol. The summed E-state index contributed by atoms with van der Waals surface area (Å²) in [5, 5.41) is 2.63. The average molecular weight is 308 g/mol. The molecule has 0 saturated heterocycles. The van der Waals surface area contributed by atoms with Gasteiger partial charge < -0.3 is 15.0 Å². The molecule has 0 aliphatic carbocycles. The van der Waals surface area contributed by atoms with Gasteiger partial charge in [-0.05, 0) is 18.6 Å². The van der Waals surface area contributed by atoms with E-state index in [0.29, 0.717) is 13.2 Å². The van der Waals surface area contributed by atoms with Gasteiger partial charge in [0.05, 0.1) is 17.5 Å². The molecule has 0 aromatic heterocycles. The monoisotopic (exact) mass is 308 g/mol. The quantitative estimate of drug-likeness (QED) is 0.812. The van der Waals surface area contributed by atoms with E-state index in [0.717, 1.165) is 17.0 Å². The van der Waals surface area contributed by atoms with Gasteiger partial charge in [-0.25, -0.2) is 0 Å². The summed E-state index contributed by atoms with van der Waals surface area (Å²) >= 11 is 1.57. The van der Waals surface area contributed by atoms with Crippen molar-refractivity contribution < 1.29 is 14.3 Å². The molecule has 21 heavy (non-hydrogen) atoms. The van der Waals surface area contributed by atoms with Gasteiger partial charge in [-0.3, -0.25) is 9.59 Å². The zero-order valence-corrected chi connectivity index (χ0v) is 13.1. The molecule has 0 saturated carbocycles. The highest BCUT2D eigenvalue weighted by molar-refractivity contribution is 8.01. The number of nitrogens with zero attached hydrogens (tertiary/aromatic N) is 1. The number of fused-ring (bicyclic) bond motifs is 1. The number of thioether (sulfide) groups is 1. The summed E-state index contributed by atoms with van der Waals surface area (Å²) in [7, 11) is 1.58. The number of nitrogens with one attached hydrogen (secondary N) is 1. The second-order valence-electron chi connectivity index (χ2n) is 4.75. The summed E-state index contributed by atoms with van der Waals surface area (Å²) in [5.74, 6) is -0.167. The number of rotatable bonds is 6. The average Bonchev–Trinajstić information content (AvgIpc) is 2.50. The molecule has 0 bridgehead atoms. The van der Waals surface area contributed by atoms with Crippen molar-refractivity contribution in [2.24, 2.45) is 0 Å². The normalized spacial score (nSPS) is 17.5. The van der Waals surface area contributed by atoms with Crippen LogP contribution in [-0.2, 0) is 14.3 Å². The lowest BCUT2D eigenvalue weighted by Gasteiger charge is -2.32. The topological polar surface area (TPSA) is 58.6 Å². The predicted molar refractivity (Wildman–Crippen MR) is 83.6 cm³/mol. The minimum atomic E-state index is -0.169. The van der Waals surface area contributed by atoms with Gasteiger partial charge >= 0.3 is 0 Å². The van der Waals surface area contributed by atoms with E-state index < -0.39 is 0 Å². The number of hydrogen-bond donors (Lipinski definition) is 1. The molecule has 114 valence electrons. The Morgan fingerprint density at radius 2 is 2.19 bits per heavy atom. The highest BCUT2D eigenvalue weighted by Crippen LogP contribution is 2.39. The number of methoxy groups -OCH3 is 1. The van der Waals surface area contributed by atoms with Gasteiger partial charge in [-0.15, -0.1) is 11.8 Å². The van der Waals surface area contributed by atoms with Crippen LogP contribution in [0.3, 0.4) is 0 Å². The van der Waals surface area contributed by atoms with E-state index in [1.807, 2.05) is 31.2 Å². The summed E-state index contributed by atoms with van der Waals surface area (Å²) in [6.45, 7) is 2.95. The first-order valence-corrected chi connectivity index (χ1v) is 7.88. The third-order valence-corrected chi connectivity index (χ3v) is 4.69. The van der Waals surface area contributed by atoms with Crippen molar-refractivity contribution in [3.8, 4) is 0 Å². The predicted octanol–water partition coefficient (Wildman–Crippen LogP) is 1.67. The van der Waals surface area contributed by atoms with Gasteiger partial charge in [0.15, 0.2) is 0 Å². The maximum atomic E-state index is 12.5. The van der Waals surface area contributed by atoms with Crippen molar-refractivity contribution in [1.82, 2.24) is 5.32 Å². The second kappa shape index (κ2) is 7.47. The first-order chi connectivity index (χ1) is 10.2. The molecule has 2 amide bonds. The van der Waals surface area contributed by atoms with Crippen molar-refractivity contribution in [3.63, 3.8) is 0 Å². The molecule has 5 nitrogen and oxygen atoms in total. The van der Waals surface area contributed by atoms with Gasteiger partial charge in [0.25, 0.3) is 0 Å². The van der Waals surface area contributed by atoms with Crippen LogP contribution in [0, 0.1) is 0 Å². The van der Waals surface area contributed by atoms with Crippen LogP contribution < -0.4 is 10.2 Å². The van der Waals surface area contributed by atoms with Crippen LogP contribution in [0.15, 0.2) is 29.2 Å². The Morgan fingerprint density at radius 3 is 2.90 bits per heavy atom. The van der Waals surface area contributed by atoms with Gasteiger partial charge in [-0.2, -0.15) is 0 Å². The first kappa shape index (κ1) is 15.9. The minimum Gasteiger partial charge on any atom is -0.383 e. The van der Waals surface area contributed by atoms with E-state index in [1.54, 1.807) is 23.8 Å². The Hall–Kier alpha value is -1.53. The molecule has 1 aliphatic rings. The minimum absolute atomic E-state index is 0.00286. The van der Waals surface area contributed by atoms with E-state index in [9.17, 15) is 9.59 Å². The number of benzene rings is 1. The third kappa shape index (κ3) is 3.77. The summed E-state index contributed by atoms with van der Waals surface area (Å²) < 4.78 is 4.90. The van der Waals surface area contributed by atoms with Crippen LogP contribution in [0.25, 0.3) is 0 Å². The highest BCUT2D eigenvalue weighted by atomic mass is 32.2. The van der Waals surface area contributed by atoms with Crippen LogP contribution in [0.2, 0.25) is 0 Å². The molecule has 1 aromatic carbocycles. The number of carbonyl (C=O) groups excluding carboxylic acids is 2. The van der Waals surface area contributed by atoms with Crippen LogP contribution in [0.1, 0.15) is 13.3 Å². The Bertz CT molecular complexity index is 521. The smallest absolute Gasteiger partial charge is 0.240 e. The van der Waals surface area contributed by atoms with Crippen LogP contribution in [-0.4, -0.2) is 43.9 Å². The fourth-order valence-corrected chi connectivity index (χ4v) is 3.35. The highest BCUT2D eigenvalue weighted by Gasteiger charge is 2.33. The number of amides is 2. The lowest BCUT2D eigenvalue weighted by molar-refractivity contribution is -0.123. The fraction of sp³-hybridized carbons (Fsp3) is 0.467. The number of anilines is 1. The number of hydrogen-bond acceptors (Lipinski definition) is 4. The fourth-order valence-electron chi connectivity index (χ4n) is 2.19. The van der Waals surface area contributed by atoms with Gasteiger partial charge in [0, 0.05) is 18.6 Å². The van der Waals surface area contributed by atoms with Crippen LogP contribution in [0.5, 0.6) is 0 Å². The summed E-state index contributed by atoms with van der Waals surface area (Å²) in [5.41, 5.74) is 0.819. The Kier molecular flexibility index (Phi) is 5.64. The van der Waals surface area contributed by atoms with Gasteiger partial charge in [0.2, 0.25) is 11.8 Å². The van der Waals surface area contributed by atoms with Crippen LogP contribution in [0.4, 0.5) is 5.69 Å². The largest absolute Gasteiger partial charge is 0.383 e.